The molecule has 0 aromatic carbocycles. The fourth-order valence-electron chi connectivity index (χ4n) is 2.00. The van der Waals surface area contributed by atoms with Gasteiger partial charge in [-0.25, -0.2) is 9.78 Å². The molecule has 0 spiro atoms. The number of amides is 1. The normalized spacial score (nSPS) is 10.1. The van der Waals surface area contributed by atoms with Crippen LogP contribution in [0.1, 0.15) is 34.1 Å². The van der Waals surface area contributed by atoms with Gasteiger partial charge in [-0.1, -0.05) is 6.07 Å². The van der Waals surface area contributed by atoms with E-state index in [1.165, 1.54) is 11.8 Å². The predicted molar refractivity (Wildman–Crippen MR) is 97.9 cm³/mol. The Balaban J connectivity index is 1.99. The lowest BCUT2D eigenvalue weighted by molar-refractivity contribution is -0.115. The number of carbonyl (C=O) groups excluding carboxylic acids is 2. The monoisotopic (exact) mass is 375 g/mol. The molecule has 0 aliphatic heterocycles. The number of anilines is 1. The van der Waals surface area contributed by atoms with E-state index in [4.69, 9.17) is 4.74 Å². The lowest BCUT2D eigenvalue weighted by atomic mass is 10.2. The molecule has 6 nitrogen and oxygen atoms in total. The summed E-state index contributed by atoms with van der Waals surface area (Å²) in [6.45, 7) is 3.65. The van der Waals surface area contributed by atoms with Gasteiger partial charge in [-0.3, -0.25) is 4.79 Å². The summed E-state index contributed by atoms with van der Waals surface area (Å²) in [6.07, 6.45) is 1.98. The smallest absolute Gasteiger partial charge is 0.348 e. The van der Waals surface area contributed by atoms with Gasteiger partial charge in [0.25, 0.3) is 0 Å². The van der Waals surface area contributed by atoms with Gasteiger partial charge in [-0.15, -0.1) is 23.1 Å². The molecule has 0 aliphatic carbocycles. The molecule has 2 aromatic heterocycles. The quantitative estimate of drug-likeness (QED) is 0.587. The Kier molecular flexibility index (Phi) is 6.98. The number of esters is 1. The molecular weight excluding hydrogens is 358 g/mol. The van der Waals surface area contributed by atoms with Crippen molar-refractivity contribution < 1.29 is 14.3 Å². The Morgan fingerprint density at radius 2 is 2.24 bits per heavy atom. The molecule has 0 radical (unpaired) electrons. The van der Waals surface area contributed by atoms with Gasteiger partial charge in [0.05, 0.1) is 17.2 Å². The standard InChI is InChI=1S/C17H17N3O3S2/c1-3-23-17(22)15-11(2)12(10-18)16(25-15)20-13(21)7-9-24-14-6-4-5-8-19-14/h4-6,8H,3,7,9H2,1-2H3,(H,20,21). The number of thioether (sulfide) groups is 1. The zero-order valence-electron chi connectivity index (χ0n) is 13.9. The van der Waals surface area contributed by atoms with Crippen molar-refractivity contribution >= 4 is 40.0 Å². The fourth-order valence-corrected chi connectivity index (χ4v) is 3.87. The summed E-state index contributed by atoms with van der Waals surface area (Å²) in [7, 11) is 0. The molecule has 1 N–H and O–H groups in total. The summed E-state index contributed by atoms with van der Waals surface area (Å²) in [6, 6.07) is 7.64. The zero-order chi connectivity index (χ0) is 18.2. The van der Waals surface area contributed by atoms with Crippen LogP contribution in [0, 0.1) is 18.3 Å². The Morgan fingerprint density at radius 3 is 2.88 bits per heavy atom. The topological polar surface area (TPSA) is 92.1 Å². The van der Waals surface area contributed by atoms with Crippen molar-refractivity contribution in [3.8, 4) is 6.07 Å². The Hall–Kier alpha value is -2.37. The second kappa shape index (κ2) is 9.20. The van der Waals surface area contributed by atoms with E-state index in [1.54, 1.807) is 20.0 Å². The molecule has 2 heterocycles. The molecule has 2 aromatic rings. The summed E-state index contributed by atoms with van der Waals surface area (Å²) in [5, 5.41) is 13.3. The highest BCUT2D eigenvalue weighted by atomic mass is 32.2. The number of thiophene rings is 1. The number of pyridine rings is 1. The molecule has 0 atom stereocenters. The van der Waals surface area contributed by atoms with Gasteiger partial charge in [0, 0.05) is 18.4 Å². The number of ether oxygens (including phenoxy) is 1. The number of hydrogen-bond acceptors (Lipinski definition) is 7. The van der Waals surface area contributed by atoms with E-state index in [2.05, 4.69) is 10.3 Å². The lowest BCUT2D eigenvalue weighted by Gasteiger charge is -2.03. The lowest BCUT2D eigenvalue weighted by Crippen LogP contribution is -2.12. The second-order valence-corrected chi connectivity index (χ2v) is 7.04. The SMILES string of the molecule is CCOC(=O)c1sc(NC(=O)CCSc2ccccn2)c(C#N)c1C. The average Bonchev–Trinajstić information content (AvgIpc) is 2.91. The molecule has 8 heteroatoms. The summed E-state index contributed by atoms with van der Waals surface area (Å²) >= 11 is 2.55. The number of aromatic nitrogens is 1. The molecule has 0 bridgehead atoms. The van der Waals surface area contributed by atoms with E-state index in [-0.39, 0.29) is 18.9 Å². The van der Waals surface area contributed by atoms with Crippen LogP contribution < -0.4 is 5.32 Å². The molecular formula is C17H17N3O3S2. The number of nitrogens with one attached hydrogen (secondary N) is 1. The molecule has 2 rings (SSSR count). The van der Waals surface area contributed by atoms with Gasteiger partial charge in [-0.05, 0) is 31.5 Å². The van der Waals surface area contributed by atoms with Gasteiger partial charge < -0.3 is 10.1 Å². The van der Waals surface area contributed by atoms with E-state index in [1.807, 2.05) is 24.3 Å². The van der Waals surface area contributed by atoms with Gasteiger partial charge in [0.1, 0.15) is 15.9 Å². The first kappa shape index (κ1) is 19.0. The third-order valence-electron chi connectivity index (χ3n) is 3.19. The first-order valence-electron chi connectivity index (χ1n) is 7.61. The molecule has 0 aliphatic rings. The molecule has 0 unspecified atom stereocenters. The molecule has 130 valence electrons. The minimum atomic E-state index is -0.479. The number of carbonyl (C=O) groups is 2. The van der Waals surface area contributed by atoms with Crippen molar-refractivity contribution in [1.29, 1.82) is 5.26 Å². The van der Waals surface area contributed by atoms with Gasteiger partial charge >= 0.3 is 5.97 Å². The van der Waals surface area contributed by atoms with Crippen LogP contribution in [0.15, 0.2) is 29.4 Å². The molecule has 0 saturated carbocycles. The van der Waals surface area contributed by atoms with E-state index in [9.17, 15) is 14.9 Å². The van der Waals surface area contributed by atoms with Gasteiger partial charge in [0.15, 0.2) is 0 Å². The maximum absolute atomic E-state index is 12.1. The van der Waals surface area contributed by atoms with E-state index < -0.39 is 5.97 Å². The molecule has 1 amide bonds. The molecule has 25 heavy (non-hydrogen) atoms. The third-order valence-corrected chi connectivity index (χ3v) is 5.32. The highest BCUT2D eigenvalue weighted by Gasteiger charge is 2.22. The van der Waals surface area contributed by atoms with E-state index >= 15 is 0 Å². The van der Waals surface area contributed by atoms with Crippen LogP contribution in [0.3, 0.4) is 0 Å². The minimum absolute atomic E-state index is 0.211. The number of nitrogens with zero attached hydrogens (tertiary/aromatic N) is 2. The van der Waals surface area contributed by atoms with Crippen LogP contribution in [0.25, 0.3) is 0 Å². The van der Waals surface area contributed by atoms with Crippen LogP contribution in [-0.2, 0) is 9.53 Å². The highest BCUT2D eigenvalue weighted by molar-refractivity contribution is 7.99. The highest BCUT2D eigenvalue weighted by Crippen LogP contribution is 2.33. The van der Waals surface area contributed by atoms with Crippen LogP contribution in [0.5, 0.6) is 0 Å². The number of hydrogen-bond donors (Lipinski definition) is 1. The Morgan fingerprint density at radius 1 is 1.44 bits per heavy atom. The number of nitriles is 1. The van der Waals surface area contributed by atoms with Crippen LogP contribution in [0.4, 0.5) is 5.00 Å². The van der Waals surface area contributed by atoms with Gasteiger partial charge in [0.2, 0.25) is 5.91 Å². The van der Waals surface area contributed by atoms with E-state index in [0.29, 0.717) is 26.8 Å². The summed E-state index contributed by atoms with van der Waals surface area (Å²) in [4.78, 5) is 28.6. The number of rotatable bonds is 7. The average molecular weight is 375 g/mol. The van der Waals surface area contributed by atoms with Crippen LogP contribution in [-0.4, -0.2) is 29.2 Å². The first-order chi connectivity index (χ1) is 12.1. The maximum atomic E-state index is 12.1. The zero-order valence-corrected chi connectivity index (χ0v) is 15.5. The van der Waals surface area contributed by atoms with Crippen molar-refractivity contribution in [1.82, 2.24) is 4.98 Å². The van der Waals surface area contributed by atoms with Crippen molar-refractivity contribution in [3.63, 3.8) is 0 Å². The van der Waals surface area contributed by atoms with E-state index in [0.717, 1.165) is 16.4 Å². The molecule has 0 fully saturated rings. The second-order valence-electron chi connectivity index (χ2n) is 4.91. The van der Waals surface area contributed by atoms with Crippen molar-refractivity contribution in [2.45, 2.75) is 25.3 Å². The summed E-state index contributed by atoms with van der Waals surface area (Å²) in [5.74, 6) is -0.121. The minimum Gasteiger partial charge on any atom is -0.462 e. The predicted octanol–water partition coefficient (Wildman–Crippen LogP) is 3.62. The third kappa shape index (κ3) is 5.05. The van der Waals surface area contributed by atoms with Crippen LogP contribution >= 0.6 is 23.1 Å². The largest absolute Gasteiger partial charge is 0.462 e. The van der Waals surface area contributed by atoms with Crippen LogP contribution in [0.2, 0.25) is 0 Å². The van der Waals surface area contributed by atoms with Crippen molar-refractivity contribution in [2.24, 2.45) is 0 Å². The van der Waals surface area contributed by atoms with Gasteiger partial charge in [-0.2, -0.15) is 5.26 Å². The fraction of sp³-hybridized carbons (Fsp3) is 0.294. The summed E-state index contributed by atoms with van der Waals surface area (Å²) in [5.41, 5.74) is 0.836. The first-order valence-corrected chi connectivity index (χ1v) is 9.41. The molecule has 0 saturated heterocycles. The summed E-state index contributed by atoms with van der Waals surface area (Å²) < 4.78 is 4.98. The Bertz CT molecular complexity index is 797. The van der Waals surface area contributed by atoms with Crippen molar-refractivity contribution in [3.05, 3.63) is 40.4 Å². The maximum Gasteiger partial charge on any atom is 0.348 e. The van der Waals surface area contributed by atoms with Crippen molar-refractivity contribution in [2.75, 3.05) is 17.7 Å². The Labute approximate surface area is 154 Å².